The summed E-state index contributed by atoms with van der Waals surface area (Å²) in [7, 11) is -3.59. The minimum Gasteiger partial charge on any atom is -0.323 e. The van der Waals surface area contributed by atoms with Crippen LogP contribution < -0.4 is 10.6 Å². The van der Waals surface area contributed by atoms with E-state index in [-0.39, 0.29) is 36.7 Å². The van der Waals surface area contributed by atoms with E-state index in [0.29, 0.717) is 0 Å². The fourth-order valence-corrected chi connectivity index (χ4v) is 4.54. The van der Waals surface area contributed by atoms with Gasteiger partial charge in [0.2, 0.25) is 10.0 Å². The third kappa shape index (κ3) is 2.61. The summed E-state index contributed by atoms with van der Waals surface area (Å²) in [6, 6.07) is 4.55. The van der Waals surface area contributed by atoms with Crippen molar-refractivity contribution in [3.05, 3.63) is 29.3 Å². The molecule has 124 valence electrons. The van der Waals surface area contributed by atoms with Gasteiger partial charge in [-0.05, 0) is 49.9 Å². The van der Waals surface area contributed by atoms with Crippen LogP contribution in [0, 0.1) is 13.8 Å². The standard InChI is InChI=1S/C15H19N3O4S/c1-10-3-4-12(9-11(10)2)23(21,22)18-7-5-15(6-8-18)13(19)16-14(20)17-15/h3-4,9H,5-8H2,1-2H3,(H2,16,17,19,20). The third-order valence-corrected chi connectivity index (χ3v) is 6.60. The van der Waals surface area contributed by atoms with Gasteiger partial charge in [0, 0.05) is 13.1 Å². The van der Waals surface area contributed by atoms with Gasteiger partial charge < -0.3 is 5.32 Å². The maximum atomic E-state index is 12.7. The molecule has 1 aromatic rings. The summed E-state index contributed by atoms with van der Waals surface area (Å²) in [5, 5.41) is 4.85. The lowest BCUT2D eigenvalue weighted by Crippen LogP contribution is -2.55. The summed E-state index contributed by atoms with van der Waals surface area (Å²) < 4.78 is 26.9. The van der Waals surface area contributed by atoms with Gasteiger partial charge in [0.15, 0.2) is 0 Å². The Kier molecular flexibility index (Phi) is 3.68. The Balaban J connectivity index is 1.80. The van der Waals surface area contributed by atoms with Crippen molar-refractivity contribution in [2.24, 2.45) is 0 Å². The number of piperidine rings is 1. The van der Waals surface area contributed by atoms with Crippen LogP contribution in [-0.2, 0) is 14.8 Å². The molecule has 3 rings (SSSR count). The van der Waals surface area contributed by atoms with Gasteiger partial charge in [-0.25, -0.2) is 13.2 Å². The number of benzene rings is 1. The van der Waals surface area contributed by atoms with Crippen molar-refractivity contribution >= 4 is 22.0 Å². The van der Waals surface area contributed by atoms with Gasteiger partial charge in [-0.2, -0.15) is 4.31 Å². The number of nitrogens with zero attached hydrogens (tertiary/aromatic N) is 1. The van der Waals surface area contributed by atoms with Crippen molar-refractivity contribution in [1.29, 1.82) is 0 Å². The highest BCUT2D eigenvalue weighted by atomic mass is 32.2. The molecule has 0 aliphatic carbocycles. The van der Waals surface area contributed by atoms with Gasteiger partial charge in [-0.3, -0.25) is 10.1 Å². The molecule has 2 aliphatic rings. The van der Waals surface area contributed by atoms with Gasteiger partial charge in [0.05, 0.1) is 4.90 Å². The van der Waals surface area contributed by atoms with E-state index in [2.05, 4.69) is 10.6 Å². The summed E-state index contributed by atoms with van der Waals surface area (Å²) in [6.45, 7) is 4.20. The minimum absolute atomic E-state index is 0.197. The Hall–Kier alpha value is -1.93. The minimum atomic E-state index is -3.59. The average molecular weight is 337 g/mol. The first-order valence-electron chi connectivity index (χ1n) is 7.46. The van der Waals surface area contributed by atoms with E-state index < -0.39 is 21.6 Å². The van der Waals surface area contributed by atoms with E-state index in [1.54, 1.807) is 18.2 Å². The second-order valence-corrected chi connectivity index (χ2v) is 8.08. The van der Waals surface area contributed by atoms with Gasteiger partial charge >= 0.3 is 6.03 Å². The highest BCUT2D eigenvalue weighted by Crippen LogP contribution is 2.29. The summed E-state index contributed by atoms with van der Waals surface area (Å²) in [4.78, 5) is 23.5. The van der Waals surface area contributed by atoms with E-state index in [1.165, 1.54) is 4.31 Å². The van der Waals surface area contributed by atoms with Gasteiger partial charge in [0.1, 0.15) is 5.54 Å². The summed E-state index contributed by atoms with van der Waals surface area (Å²) >= 11 is 0. The summed E-state index contributed by atoms with van der Waals surface area (Å²) in [6.07, 6.45) is 0.545. The van der Waals surface area contributed by atoms with Crippen molar-refractivity contribution in [1.82, 2.24) is 14.9 Å². The molecule has 3 amide bonds. The molecule has 0 unspecified atom stereocenters. The Bertz CT molecular complexity index is 780. The molecule has 0 saturated carbocycles. The van der Waals surface area contributed by atoms with Crippen LogP contribution in [0.4, 0.5) is 4.79 Å². The molecule has 23 heavy (non-hydrogen) atoms. The quantitative estimate of drug-likeness (QED) is 0.775. The first-order chi connectivity index (χ1) is 10.7. The molecule has 2 saturated heterocycles. The van der Waals surface area contributed by atoms with E-state index in [1.807, 2.05) is 13.8 Å². The number of hydrogen-bond donors (Lipinski definition) is 2. The van der Waals surface area contributed by atoms with E-state index >= 15 is 0 Å². The number of imide groups is 1. The molecule has 1 aromatic carbocycles. The van der Waals surface area contributed by atoms with Gasteiger partial charge in [-0.15, -0.1) is 0 Å². The van der Waals surface area contributed by atoms with Crippen LogP contribution in [0.1, 0.15) is 24.0 Å². The maximum Gasteiger partial charge on any atom is 0.322 e. The number of rotatable bonds is 2. The predicted molar refractivity (Wildman–Crippen MR) is 83.3 cm³/mol. The number of carbonyl (C=O) groups excluding carboxylic acids is 2. The Morgan fingerprint density at radius 2 is 1.74 bits per heavy atom. The zero-order chi connectivity index (χ0) is 16.8. The lowest BCUT2D eigenvalue weighted by atomic mass is 9.89. The van der Waals surface area contributed by atoms with Crippen molar-refractivity contribution in [3.8, 4) is 0 Å². The lowest BCUT2D eigenvalue weighted by Gasteiger charge is -2.36. The first kappa shape index (κ1) is 15.9. The summed E-state index contributed by atoms with van der Waals surface area (Å²) in [5.41, 5.74) is 0.987. The third-order valence-electron chi connectivity index (χ3n) is 4.71. The highest BCUT2D eigenvalue weighted by Gasteiger charge is 2.49. The largest absolute Gasteiger partial charge is 0.323 e. The second kappa shape index (κ2) is 5.31. The molecule has 0 bridgehead atoms. The van der Waals surface area contributed by atoms with Crippen LogP contribution in [0.2, 0.25) is 0 Å². The molecule has 2 aliphatic heterocycles. The van der Waals surface area contributed by atoms with E-state index in [4.69, 9.17) is 0 Å². The average Bonchev–Trinajstić information content (AvgIpc) is 2.76. The molecular formula is C15H19N3O4S. The first-order valence-corrected chi connectivity index (χ1v) is 8.90. The van der Waals surface area contributed by atoms with Crippen molar-refractivity contribution in [2.75, 3.05) is 13.1 Å². The van der Waals surface area contributed by atoms with Gasteiger partial charge in [0.25, 0.3) is 5.91 Å². The molecule has 2 heterocycles. The number of sulfonamides is 1. The van der Waals surface area contributed by atoms with Crippen LogP contribution in [-0.4, -0.2) is 43.3 Å². The van der Waals surface area contributed by atoms with Crippen molar-refractivity contribution in [3.63, 3.8) is 0 Å². The number of carbonyl (C=O) groups is 2. The maximum absolute atomic E-state index is 12.7. The second-order valence-electron chi connectivity index (χ2n) is 6.14. The Labute approximate surface area is 135 Å². The van der Waals surface area contributed by atoms with Crippen molar-refractivity contribution in [2.45, 2.75) is 37.1 Å². The fraction of sp³-hybridized carbons (Fsp3) is 0.467. The summed E-state index contributed by atoms with van der Waals surface area (Å²) in [5.74, 6) is -0.370. The Morgan fingerprint density at radius 1 is 1.09 bits per heavy atom. The smallest absolute Gasteiger partial charge is 0.322 e. The lowest BCUT2D eigenvalue weighted by molar-refractivity contribution is -0.125. The fourth-order valence-electron chi connectivity index (χ4n) is 3.01. The molecule has 0 atom stereocenters. The predicted octanol–water partition coefficient (Wildman–Crippen LogP) is 0.666. The number of nitrogens with one attached hydrogen (secondary N) is 2. The van der Waals surface area contributed by atoms with Crippen molar-refractivity contribution < 1.29 is 18.0 Å². The van der Waals surface area contributed by atoms with Crippen LogP contribution in [0.5, 0.6) is 0 Å². The topological polar surface area (TPSA) is 95.6 Å². The molecule has 2 N–H and O–H groups in total. The van der Waals surface area contributed by atoms with Crippen LogP contribution in [0.15, 0.2) is 23.1 Å². The number of amides is 3. The number of hydrogen-bond acceptors (Lipinski definition) is 4. The molecule has 7 nitrogen and oxygen atoms in total. The molecular weight excluding hydrogens is 318 g/mol. The molecule has 0 radical (unpaired) electrons. The zero-order valence-electron chi connectivity index (χ0n) is 13.0. The highest BCUT2D eigenvalue weighted by molar-refractivity contribution is 7.89. The van der Waals surface area contributed by atoms with E-state index in [0.717, 1.165) is 11.1 Å². The Morgan fingerprint density at radius 3 is 2.26 bits per heavy atom. The SMILES string of the molecule is Cc1ccc(S(=O)(=O)N2CCC3(CC2)NC(=O)NC3=O)cc1C. The zero-order valence-corrected chi connectivity index (χ0v) is 13.9. The number of urea groups is 1. The molecule has 1 spiro atoms. The molecule has 8 heteroatoms. The molecule has 0 aromatic heterocycles. The normalized spacial score (nSPS) is 21.3. The molecule has 2 fully saturated rings. The van der Waals surface area contributed by atoms with E-state index in [9.17, 15) is 18.0 Å². The van der Waals surface area contributed by atoms with Crippen LogP contribution in [0.3, 0.4) is 0 Å². The van der Waals surface area contributed by atoms with Crippen LogP contribution in [0.25, 0.3) is 0 Å². The van der Waals surface area contributed by atoms with Crippen LogP contribution >= 0.6 is 0 Å². The monoisotopic (exact) mass is 337 g/mol. The number of aryl methyl sites for hydroxylation is 2. The van der Waals surface area contributed by atoms with Gasteiger partial charge in [-0.1, -0.05) is 6.07 Å².